The number of pyridine rings is 1. The molecule has 4 aliphatic rings. The molecule has 0 saturated carbocycles. The number of alkyl halides is 1. The van der Waals surface area contributed by atoms with Crippen molar-refractivity contribution >= 4 is 39.6 Å². The molecule has 4 aromatic rings. The summed E-state index contributed by atoms with van der Waals surface area (Å²) in [7, 11) is 0. The molecule has 294 valence electrons. The lowest BCUT2D eigenvalue weighted by molar-refractivity contribution is -0.166. The second kappa shape index (κ2) is 14.9. The lowest BCUT2D eigenvalue weighted by Crippen LogP contribution is -2.56. The highest BCUT2D eigenvalue weighted by atomic mass is 19.1. The number of benzene rings is 2. The number of carbonyl (C=O) groups is 2. The third-order valence-corrected chi connectivity index (χ3v) is 11.6. The van der Waals surface area contributed by atoms with Crippen LogP contribution in [0.4, 0.5) is 23.8 Å². The zero-order chi connectivity index (χ0) is 39.3. The van der Waals surface area contributed by atoms with Crippen LogP contribution in [0.5, 0.6) is 11.8 Å². The third-order valence-electron chi connectivity index (χ3n) is 11.6. The predicted molar refractivity (Wildman–Crippen MR) is 201 cm³/mol. The fourth-order valence-corrected chi connectivity index (χ4v) is 9.08. The van der Waals surface area contributed by atoms with Crippen molar-refractivity contribution in [3.63, 3.8) is 0 Å². The Hall–Kier alpha value is -5.36. The van der Waals surface area contributed by atoms with Gasteiger partial charge in [-0.25, -0.2) is 18.0 Å². The second-order valence-electron chi connectivity index (χ2n) is 15.3. The molecule has 1 amide bonds. The van der Waals surface area contributed by atoms with Gasteiger partial charge in [-0.2, -0.15) is 9.97 Å². The van der Waals surface area contributed by atoms with Gasteiger partial charge in [-0.15, -0.1) is 6.42 Å². The topological polar surface area (TPSA) is 130 Å². The normalized spacial score (nSPS) is 23.7. The number of fused-ring (bicyclic) bond motifs is 5. The number of anilines is 1. The highest BCUT2D eigenvalue weighted by molar-refractivity contribution is 6.03. The monoisotopic (exact) mass is 772 g/mol. The molecule has 15 heteroatoms. The Kier molecular flexibility index (Phi) is 10.0. The number of ether oxygens (including phenoxy) is 3. The van der Waals surface area contributed by atoms with E-state index in [0.29, 0.717) is 56.5 Å². The van der Waals surface area contributed by atoms with Crippen LogP contribution < -0.4 is 9.64 Å². The number of halogens is 3. The summed E-state index contributed by atoms with van der Waals surface area (Å²) < 4.78 is 63.8. The van der Waals surface area contributed by atoms with Crippen molar-refractivity contribution in [3.05, 3.63) is 47.7 Å². The molecule has 56 heavy (non-hydrogen) atoms. The van der Waals surface area contributed by atoms with Crippen LogP contribution in [0.1, 0.15) is 70.8 Å². The lowest BCUT2D eigenvalue weighted by Gasteiger charge is -2.41. The van der Waals surface area contributed by atoms with Gasteiger partial charge >= 0.3 is 18.1 Å². The summed E-state index contributed by atoms with van der Waals surface area (Å²) in [6.45, 7) is 5.29. The van der Waals surface area contributed by atoms with Crippen LogP contribution in [0, 0.1) is 24.0 Å². The molecular formula is C41H43F3N6O6. The van der Waals surface area contributed by atoms with Crippen molar-refractivity contribution in [2.45, 2.75) is 95.3 Å². The number of rotatable bonds is 10. The Bertz CT molecular complexity index is 2240. The SMILES string of the molecule is C#Cc1c(F)ccc2cc(O)cc(-c3ncc4c(N5CC6CCC(C5)N6C(=O)OC(C)OC(=O)CCCC)nc(OC[C@@]56CCCN5C[C@H](F)C6)nc4c3F)c12. The van der Waals surface area contributed by atoms with E-state index in [1.165, 1.54) is 37.4 Å². The molecule has 0 radical (unpaired) electrons. The number of phenolic OH excluding ortho intramolecular Hbond substituents is 1. The van der Waals surface area contributed by atoms with Crippen LogP contribution in [0.2, 0.25) is 0 Å². The van der Waals surface area contributed by atoms with Gasteiger partial charge in [0.1, 0.15) is 41.4 Å². The number of esters is 1. The quantitative estimate of drug-likeness (QED) is 0.106. The molecule has 4 fully saturated rings. The molecule has 6 heterocycles. The number of terminal acetylenes is 1. The molecular weight excluding hydrogens is 729 g/mol. The highest BCUT2D eigenvalue weighted by Crippen LogP contribution is 2.42. The van der Waals surface area contributed by atoms with Crippen LogP contribution in [0.15, 0.2) is 30.5 Å². The summed E-state index contributed by atoms with van der Waals surface area (Å²) in [5, 5.41) is 11.5. The van der Waals surface area contributed by atoms with E-state index in [0.717, 1.165) is 25.8 Å². The van der Waals surface area contributed by atoms with Gasteiger partial charge in [0, 0.05) is 56.5 Å². The average Bonchev–Trinajstić information content (AvgIpc) is 3.79. The van der Waals surface area contributed by atoms with Gasteiger partial charge in [-0.3, -0.25) is 19.6 Å². The highest BCUT2D eigenvalue weighted by Gasteiger charge is 2.50. The maximum absolute atomic E-state index is 17.1. The van der Waals surface area contributed by atoms with Gasteiger partial charge < -0.3 is 24.2 Å². The molecule has 2 bridgehead atoms. The second-order valence-corrected chi connectivity index (χ2v) is 15.3. The zero-order valence-corrected chi connectivity index (χ0v) is 31.3. The van der Waals surface area contributed by atoms with Crippen LogP contribution in [0.25, 0.3) is 32.9 Å². The molecule has 4 aliphatic heterocycles. The Labute approximate surface area is 321 Å². The Morgan fingerprint density at radius 2 is 1.91 bits per heavy atom. The van der Waals surface area contributed by atoms with E-state index in [1.807, 2.05) is 11.8 Å². The first kappa shape index (κ1) is 37.6. The van der Waals surface area contributed by atoms with E-state index in [4.69, 9.17) is 25.6 Å². The smallest absolute Gasteiger partial charge is 0.413 e. The maximum atomic E-state index is 17.1. The van der Waals surface area contributed by atoms with Gasteiger partial charge in [-0.05, 0) is 62.2 Å². The van der Waals surface area contributed by atoms with Crippen molar-refractivity contribution in [2.75, 3.05) is 37.7 Å². The number of carbonyl (C=O) groups excluding carboxylic acids is 2. The number of amides is 1. The van der Waals surface area contributed by atoms with E-state index in [2.05, 4.69) is 20.8 Å². The molecule has 0 aliphatic carbocycles. The van der Waals surface area contributed by atoms with Crippen molar-refractivity contribution in [1.82, 2.24) is 24.8 Å². The Morgan fingerprint density at radius 3 is 2.66 bits per heavy atom. The lowest BCUT2D eigenvalue weighted by atomic mass is 9.95. The molecule has 2 aromatic carbocycles. The van der Waals surface area contributed by atoms with Gasteiger partial charge in [0.15, 0.2) is 5.82 Å². The summed E-state index contributed by atoms with van der Waals surface area (Å²) in [5.74, 6) is 0.499. The number of hydrogen-bond acceptors (Lipinski definition) is 11. The first-order chi connectivity index (χ1) is 27.0. The minimum atomic E-state index is -1.06. The minimum Gasteiger partial charge on any atom is -0.508 e. The van der Waals surface area contributed by atoms with Crippen molar-refractivity contribution in [1.29, 1.82) is 0 Å². The zero-order valence-electron chi connectivity index (χ0n) is 31.3. The summed E-state index contributed by atoms with van der Waals surface area (Å²) in [5.41, 5.74) is -0.906. The molecule has 8 rings (SSSR count). The molecule has 2 aromatic heterocycles. The maximum Gasteiger partial charge on any atom is 0.413 e. The summed E-state index contributed by atoms with van der Waals surface area (Å²) in [6, 6.07) is 4.62. The van der Waals surface area contributed by atoms with E-state index in [1.54, 1.807) is 4.90 Å². The van der Waals surface area contributed by atoms with Crippen LogP contribution in [-0.2, 0) is 14.3 Å². The minimum absolute atomic E-state index is 0.0744. The summed E-state index contributed by atoms with van der Waals surface area (Å²) in [4.78, 5) is 45.1. The van der Waals surface area contributed by atoms with E-state index < -0.39 is 41.7 Å². The summed E-state index contributed by atoms with van der Waals surface area (Å²) >= 11 is 0. The number of nitrogens with zero attached hydrogens (tertiary/aromatic N) is 6. The molecule has 1 N–H and O–H groups in total. The number of unbranched alkanes of at least 4 members (excludes halogenated alkanes) is 1. The molecule has 12 nitrogen and oxygen atoms in total. The Balaban J connectivity index is 1.15. The van der Waals surface area contributed by atoms with Gasteiger partial charge in [0.2, 0.25) is 6.29 Å². The first-order valence-corrected chi connectivity index (χ1v) is 19.2. The van der Waals surface area contributed by atoms with Crippen LogP contribution in [0.3, 0.4) is 0 Å². The van der Waals surface area contributed by atoms with Crippen molar-refractivity contribution in [3.8, 4) is 35.4 Å². The molecule has 3 unspecified atom stereocenters. The average molecular weight is 773 g/mol. The van der Waals surface area contributed by atoms with Crippen molar-refractivity contribution in [2.24, 2.45) is 0 Å². The fourth-order valence-electron chi connectivity index (χ4n) is 9.08. The molecule has 4 saturated heterocycles. The van der Waals surface area contributed by atoms with E-state index in [-0.39, 0.29) is 70.0 Å². The van der Waals surface area contributed by atoms with Gasteiger partial charge in [0.05, 0.1) is 28.6 Å². The number of aromatic hydroxyl groups is 1. The predicted octanol–water partition coefficient (Wildman–Crippen LogP) is 6.63. The van der Waals surface area contributed by atoms with E-state index >= 15 is 4.39 Å². The van der Waals surface area contributed by atoms with Gasteiger partial charge in [0.25, 0.3) is 0 Å². The number of piperazine rings is 1. The van der Waals surface area contributed by atoms with Gasteiger partial charge in [-0.1, -0.05) is 25.3 Å². The molecule has 0 spiro atoms. The van der Waals surface area contributed by atoms with Crippen LogP contribution in [-0.4, -0.2) is 105 Å². The van der Waals surface area contributed by atoms with Crippen LogP contribution >= 0.6 is 0 Å². The number of aromatic nitrogens is 3. The fraction of sp³-hybridized carbons (Fsp3) is 0.488. The number of phenols is 1. The first-order valence-electron chi connectivity index (χ1n) is 19.2. The summed E-state index contributed by atoms with van der Waals surface area (Å²) in [6.07, 6.45) is 9.55. The Morgan fingerprint density at radius 1 is 1.12 bits per heavy atom. The van der Waals surface area contributed by atoms with Crippen molar-refractivity contribution < 1.29 is 42.1 Å². The standard InChI is InChI=1S/C41H43F3N6O6/c1-4-6-8-33(52)55-23(3)56-40(53)50-26-10-11-27(50)21-48(20-26)38-31-18-45-36(30-16-28(51)15-24-9-12-32(43)29(5-2)34(24)30)35(44)37(31)46-39(47-38)54-22-41-13-7-14-49(41)19-25(42)17-41/h2,9,12,15-16,18,23,25-27,51H,4,6-8,10-11,13-14,17,19-22H2,1,3H3/t23?,25-,26?,27?,41+/m1/s1. The van der Waals surface area contributed by atoms with E-state index in [9.17, 15) is 23.5 Å². The third kappa shape index (κ3) is 6.78. The largest absolute Gasteiger partial charge is 0.508 e. The molecule has 5 atom stereocenters. The number of hydrogen-bond donors (Lipinski definition) is 1.